The summed E-state index contributed by atoms with van der Waals surface area (Å²) >= 11 is 0. The standard InChI is InChI=1S/C42H26N4/c1-3-11-27(12-4-1)37-25-33(26-38(44-37)28-13-5-2-6-14-28)30-15-9-16-31(23-30)39-35-19-8-7-18-34(35)36-24-32-21-20-29-17-10-22-43-40(29)41(32)46-42(36)45-39/h1-26H. The van der Waals surface area contributed by atoms with Gasteiger partial charge in [0.2, 0.25) is 0 Å². The predicted molar refractivity (Wildman–Crippen MR) is 189 cm³/mol. The lowest BCUT2D eigenvalue weighted by molar-refractivity contribution is 1.32. The summed E-state index contributed by atoms with van der Waals surface area (Å²) in [6.45, 7) is 0. The van der Waals surface area contributed by atoms with Crippen LogP contribution in [0.4, 0.5) is 0 Å². The maximum absolute atomic E-state index is 5.24. The molecule has 4 heteroatoms. The number of benzene rings is 5. The van der Waals surface area contributed by atoms with Gasteiger partial charge in [-0.2, -0.15) is 0 Å². The summed E-state index contributed by atoms with van der Waals surface area (Å²) in [5, 5.41) is 5.38. The Morgan fingerprint density at radius 1 is 0.348 bits per heavy atom. The zero-order chi connectivity index (χ0) is 30.5. The summed E-state index contributed by atoms with van der Waals surface area (Å²) in [7, 11) is 0. The van der Waals surface area contributed by atoms with Gasteiger partial charge in [0.25, 0.3) is 0 Å². The average molecular weight is 587 g/mol. The molecule has 0 bridgehead atoms. The van der Waals surface area contributed by atoms with Crippen LogP contribution < -0.4 is 0 Å². The van der Waals surface area contributed by atoms with Crippen molar-refractivity contribution >= 4 is 43.6 Å². The van der Waals surface area contributed by atoms with E-state index in [1.165, 1.54) is 0 Å². The van der Waals surface area contributed by atoms with Crippen molar-refractivity contribution in [3.63, 3.8) is 0 Å². The molecule has 0 aliphatic heterocycles. The van der Waals surface area contributed by atoms with Gasteiger partial charge >= 0.3 is 0 Å². The highest BCUT2D eigenvalue weighted by atomic mass is 14.9. The SMILES string of the molecule is c1ccc(-c2cc(-c3cccc(-c4nc5nc6c(ccc7cccnc76)cc5c5ccccc45)c3)cc(-c3ccccc3)n2)cc1. The fourth-order valence-electron chi connectivity index (χ4n) is 6.42. The van der Waals surface area contributed by atoms with Crippen LogP contribution in [0.2, 0.25) is 0 Å². The monoisotopic (exact) mass is 586 g/mol. The first-order chi connectivity index (χ1) is 22.8. The number of fused-ring (bicyclic) bond motifs is 6. The molecule has 5 aromatic carbocycles. The number of rotatable bonds is 4. The number of pyridine rings is 4. The molecule has 0 atom stereocenters. The van der Waals surface area contributed by atoms with E-state index in [1.807, 2.05) is 24.4 Å². The van der Waals surface area contributed by atoms with E-state index in [4.69, 9.17) is 15.0 Å². The maximum atomic E-state index is 5.24. The van der Waals surface area contributed by atoms with E-state index in [-0.39, 0.29) is 0 Å². The molecule has 46 heavy (non-hydrogen) atoms. The Hall–Kier alpha value is -6.26. The van der Waals surface area contributed by atoms with Crippen molar-refractivity contribution in [1.29, 1.82) is 0 Å². The van der Waals surface area contributed by atoms with Gasteiger partial charge in [-0.25, -0.2) is 15.0 Å². The van der Waals surface area contributed by atoms with Gasteiger partial charge in [0.15, 0.2) is 5.65 Å². The number of hydrogen-bond donors (Lipinski definition) is 0. The smallest absolute Gasteiger partial charge is 0.161 e. The minimum Gasteiger partial charge on any atom is -0.254 e. The fraction of sp³-hybridized carbons (Fsp3) is 0. The Bertz CT molecular complexity index is 2520. The molecule has 0 aliphatic rings. The van der Waals surface area contributed by atoms with Crippen molar-refractivity contribution in [2.24, 2.45) is 0 Å². The van der Waals surface area contributed by atoms with Crippen LogP contribution in [0, 0.1) is 0 Å². The Balaban J connectivity index is 1.25. The van der Waals surface area contributed by atoms with Gasteiger partial charge in [-0.3, -0.25) is 4.98 Å². The molecule has 9 aromatic rings. The second kappa shape index (κ2) is 10.7. The van der Waals surface area contributed by atoms with E-state index < -0.39 is 0 Å². The second-order valence-corrected chi connectivity index (χ2v) is 11.5. The molecule has 0 saturated carbocycles. The van der Waals surface area contributed by atoms with Crippen molar-refractivity contribution in [2.45, 2.75) is 0 Å². The minimum absolute atomic E-state index is 0.714. The second-order valence-electron chi connectivity index (χ2n) is 11.5. The Labute approximate surface area is 265 Å². The van der Waals surface area contributed by atoms with Gasteiger partial charge < -0.3 is 0 Å². The highest BCUT2D eigenvalue weighted by molar-refractivity contribution is 6.14. The number of aromatic nitrogens is 4. The molecule has 0 radical (unpaired) electrons. The zero-order valence-electron chi connectivity index (χ0n) is 24.8. The van der Waals surface area contributed by atoms with Crippen LogP contribution in [0.5, 0.6) is 0 Å². The van der Waals surface area contributed by atoms with Crippen LogP contribution in [0.1, 0.15) is 0 Å². The third-order valence-electron chi connectivity index (χ3n) is 8.66. The Morgan fingerprint density at radius 3 is 1.76 bits per heavy atom. The van der Waals surface area contributed by atoms with Crippen molar-refractivity contribution in [2.75, 3.05) is 0 Å². The fourth-order valence-corrected chi connectivity index (χ4v) is 6.42. The van der Waals surface area contributed by atoms with E-state index in [1.54, 1.807) is 0 Å². The number of hydrogen-bond acceptors (Lipinski definition) is 4. The van der Waals surface area contributed by atoms with Crippen LogP contribution >= 0.6 is 0 Å². The normalized spacial score (nSPS) is 11.5. The summed E-state index contributed by atoms with van der Waals surface area (Å²) in [6.07, 6.45) is 1.82. The molecule has 0 N–H and O–H groups in total. The molecule has 0 amide bonds. The lowest BCUT2D eigenvalue weighted by Gasteiger charge is -2.13. The van der Waals surface area contributed by atoms with Crippen molar-refractivity contribution < 1.29 is 0 Å². The minimum atomic E-state index is 0.714. The largest absolute Gasteiger partial charge is 0.254 e. The van der Waals surface area contributed by atoms with Gasteiger partial charge in [-0.05, 0) is 46.8 Å². The predicted octanol–water partition coefficient (Wildman–Crippen LogP) is 10.5. The van der Waals surface area contributed by atoms with Crippen LogP contribution in [0.25, 0.3) is 88.5 Å². The molecule has 4 nitrogen and oxygen atoms in total. The van der Waals surface area contributed by atoms with Gasteiger partial charge in [0.05, 0.1) is 28.1 Å². The first-order valence-electron chi connectivity index (χ1n) is 15.4. The topological polar surface area (TPSA) is 51.6 Å². The molecule has 0 fully saturated rings. The Morgan fingerprint density at radius 2 is 1.00 bits per heavy atom. The summed E-state index contributed by atoms with van der Waals surface area (Å²) in [5.74, 6) is 0. The molecule has 0 unspecified atom stereocenters. The summed E-state index contributed by atoms with van der Waals surface area (Å²) < 4.78 is 0. The quantitative estimate of drug-likeness (QED) is 0.152. The zero-order valence-corrected chi connectivity index (χ0v) is 24.8. The van der Waals surface area contributed by atoms with Crippen LogP contribution in [-0.2, 0) is 0 Å². The molecular formula is C42H26N4. The molecular weight excluding hydrogens is 560 g/mol. The van der Waals surface area contributed by atoms with Gasteiger partial charge in [0.1, 0.15) is 0 Å². The number of nitrogens with zero attached hydrogens (tertiary/aromatic N) is 4. The molecule has 0 spiro atoms. The third kappa shape index (κ3) is 4.47. The maximum Gasteiger partial charge on any atom is 0.161 e. The van der Waals surface area contributed by atoms with Crippen molar-refractivity contribution in [3.8, 4) is 44.9 Å². The van der Waals surface area contributed by atoms with Crippen LogP contribution in [0.3, 0.4) is 0 Å². The first-order valence-corrected chi connectivity index (χ1v) is 15.4. The van der Waals surface area contributed by atoms with E-state index in [9.17, 15) is 0 Å². The van der Waals surface area contributed by atoms with E-state index >= 15 is 0 Å². The molecule has 0 aliphatic carbocycles. The van der Waals surface area contributed by atoms with E-state index in [2.05, 4.69) is 138 Å². The molecule has 4 aromatic heterocycles. The molecule has 0 saturated heterocycles. The average Bonchev–Trinajstić information content (AvgIpc) is 3.14. The van der Waals surface area contributed by atoms with Gasteiger partial charge in [0, 0.05) is 44.4 Å². The van der Waals surface area contributed by atoms with E-state index in [0.29, 0.717) is 5.65 Å². The van der Waals surface area contributed by atoms with Crippen LogP contribution in [-0.4, -0.2) is 19.9 Å². The summed E-state index contributed by atoms with van der Waals surface area (Å²) in [5.41, 5.74) is 10.7. The molecule has 4 heterocycles. The molecule has 214 valence electrons. The Kier molecular flexibility index (Phi) is 6.10. The van der Waals surface area contributed by atoms with E-state index in [0.717, 1.165) is 82.9 Å². The third-order valence-corrected chi connectivity index (χ3v) is 8.66. The van der Waals surface area contributed by atoms with Crippen LogP contribution in [0.15, 0.2) is 158 Å². The lowest BCUT2D eigenvalue weighted by Crippen LogP contribution is -1.94. The summed E-state index contributed by atoms with van der Waals surface area (Å²) in [6, 6.07) is 52.7. The summed E-state index contributed by atoms with van der Waals surface area (Å²) in [4.78, 5) is 20.1. The van der Waals surface area contributed by atoms with Gasteiger partial charge in [-0.1, -0.05) is 121 Å². The van der Waals surface area contributed by atoms with Crippen molar-refractivity contribution in [3.05, 3.63) is 158 Å². The highest BCUT2D eigenvalue weighted by Gasteiger charge is 2.15. The lowest BCUT2D eigenvalue weighted by atomic mass is 9.96. The first kappa shape index (κ1) is 26.2. The van der Waals surface area contributed by atoms with Gasteiger partial charge in [-0.15, -0.1) is 0 Å². The molecule has 9 rings (SSSR count). The van der Waals surface area contributed by atoms with Crippen molar-refractivity contribution in [1.82, 2.24) is 19.9 Å². The highest BCUT2D eigenvalue weighted by Crippen LogP contribution is 2.37.